The van der Waals surface area contributed by atoms with E-state index < -0.39 is 18.0 Å². The molecule has 0 atom stereocenters. The summed E-state index contributed by atoms with van der Waals surface area (Å²) in [5, 5.41) is 0. The summed E-state index contributed by atoms with van der Waals surface area (Å²) in [5.74, 6) is -2.05. The van der Waals surface area contributed by atoms with Gasteiger partial charge in [-0.25, -0.2) is 9.78 Å². The van der Waals surface area contributed by atoms with Gasteiger partial charge in [-0.2, -0.15) is 13.2 Å². The summed E-state index contributed by atoms with van der Waals surface area (Å²) in [6.45, 7) is 1.68. The Kier molecular flexibility index (Phi) is 3.63. The summed E-state index contributed by atoms with van der Waals surface area (Å²) in [5.41, 5.74) is -0.190. The lowest BCUT2D eigenvalue weighted by atomic mass is 10.3. The summed E-state index contributed by atoms with van der Waals surface area (Å²) in [7, 11) is 0. The fraction of sp³-hybridized carbons (Fsp3) is 0.375. The highest BCUT2D eigenvalue weighted by Crippen LogP contribution is 2.25. The third kappa shape index (κ3) is 2.78. The quantitative estimate of drug-likeness (QED) is 0.648. The van der Waals surface area contributed by atoms with Crippen molar-refractivity contribution in [2.45, 2.75) is 13.1 Å². The van der Waals surface area contributed by atoms with Crippen molar-refractivity contribution in [2.75, 3.05) is 6.61 Å². The monoisotopic (exact) mass is 252 g/mol. The zero-order valence-electron chi connectivity index (χ0n) is 8.09. The first kappa shape index (κ1) is 12.6. The number of carbonyl (C=O) groups excluding carboxylic acids is 1. The number of hydrogen-bond donors (Lipinski definition) is 1. The molecule has 1 heterocycles. The molecule has 0 unspecified atom stereocenters. The van der Waals surface area contributed by atoms with E-state index >= 15 is 0 Å². The van der Waals surface area contributed by atoms with Gasteiger partial charge in [-0.3, -0.25) is 0 Å². The predicted octanol–water partition coefficient (Wildman–Crippen LogP) is 2.33. The van der Waals surface area contributed by atoms with Crippen LogP contribution in [-0.4, -0.2) is 22.5 Å². The summed E-state index contributed by atoms with van der Waals surface area (Å²) in [4.78, 5) is 16.1. The van der Waals surface area contributed by atoms with Gasteiger partial charge in [0.1, 0.15) is 10.2 Å². The number of ether oxygens (including phenoxy) is 1. The molecule has 0 aliphatic carbocycles. The lowest BCUT2D eigenvalue weighted by Gasteiger charge is -2.06. The van der Waals surface area contributed by atoms with Crippen LogP contribution in [0.2, 0.25) is 0 Å². The Balaban J connectivity index is 3.11. The Morgan fingerprint density at radius 3 is 2.69 bits per heavy atom. The molecule has 16 heavy (non-hydrogen) atoms. The van der Waals surface area contributed by atoms with Crippen molar-refractivity contribution in [1.82, 2.24) is 9.97 Å². The fourth-order valence-electron chi connectivity index (χ4n) is 0.893. The van der Waals surface area contributed by atoms with Gasteiger partial charge in [-0.1, -0.05) is 12.2 Å². The van der Waals surface area contributed by atoms with Crippen molar-refractivity contribution in [3.63, 3.8) is 0 Å². The number of rotatable bonds is 2. The summed E-state index contributed by atoms with van der Waals surface area (Å²) >= 11 is 4.60. The van der Waals surface area contributed by atoms with E-state index in [1.165, 1.54) is 0 Å². The van der Waals surface area contributed by atoms with Gasteiger partial charge in [0.05, 0.1) is 6.61 Å². The molecular formula is C8H7F3N2O2S. The highest BCUT2D eigenvalue weighted by Gasteiger charge is 2.34. The summed E-state index contributed by atoms with van der Waals surface area (Å²) in [6, 6.07) is 0. The number of hydrogen-bond acceptors (Lipinski definition) is 4. The average Bonchev–Trinajstić information content (AvgIpc) is 2.16. The summed E-state index contributed by atoms with van der Waals surface area (Å²) in [6.07, 6.45) is -3.87. The number of esters is 1. The van der Waals surface area contributed by atoms with Crippen LogP contribution < -0.4 is 0 Å². The molecule has 8 heteroatoms. The number of nitrogens with one attached hydrogen (secondary N) is 1. The second-order valence-electron chi connectivity index (χ2n) is 2.69. The maximum Gasteiger partial charge on any atom is 0.449 e. The van der Waals surface area contributed by atoms with Gasteiger partial charge < -0.3 is 9.72 Å². The molecule has 1 rings (SSSR count). The van der Waals surface area contributed by atoms with Crippen LogP contribution in [0.3, 0.4) is 0 Å². The van der Waals surface area contributed by atoms with Crippen molar-refractivity contribution >= 4 is 18.2 Å². The van der Waals surface area contributed by atoms with Crippen molar-refractivity contribution in [1.29, 1.82) is 0 Å². The number of H-pyrrole nitrogens is 1. The smallest absolute Gasteiger partial charge is 0.449 e. The molecule has 0 aliphatic rings. The van der Waals surface area contributed by atoms with Gasteiger partial charge in [0.25, 0.3) is 0 Å². The Morgan fingerprint density at radius 1 is 1.62 bits per heavy atom. The maximum atomic E-state index is 12.2. The Hall–Kier alpha value is -1.44. The molecule has 1 aromatic heterocycles. The minimum atomic E-state index is -4.62. The number of halogens is 3. The van der Waals surface area contributed by atoms with E-state index in [2.05, 4.69) is 21.9 Å². The molecule has 1 aromatic rings. The molecule has 0 saturated heterocycles. The first-order valence-corrected chi connectivity index (χ1v) is 4.60. The van der Waals surface area contributed by atoms with Gasteiger partial charge in [-0.05, 0) is 6.92 Å². The van der Waals surface area contributed by atoms with E-state index in [-0.39, 0.29) is 16.8 Å². The third-order valence-electron chi connectivity index (χ3n) is 1.56. The highest BCUT2D eigenvalue weighted by atomic mass is 32.1. The lowest BCUT2D eigenvalue weighted by Crippen LogP contribution is -2.14. The largest absolute Gasteiger partial charge is 0.462 e. The van der Waals surface area contributed by atoms with Crippen LogP contribution in [0, 0.1) is 4.64 Å². The molecule has 0 fully saturated rings. The molecule has 0 amide bonds. The van der Waals surface area contributed by atoms with Crippen LogP contribution >= 0.6 is 12.2 Å². The topological polar surface area (TPSA) is 55.0 Å². The van der Waals surface area contributed by atoms with Gasteiger partial charge in [0, 0.05) is 6.20 Å². The van der Waals surface area contributed by atoms with E-state index in [9.17, 15) is 18.0 Å². The standard InChI is InChI=1S/C8H7F3N2O2S/c1-2-15-6(14)4-3-12-7(8(9,10)11)13-5(4)16/h3H,2H2,1H3,(H,12,13,16). The molecule has 0 bridgehead atoms. The number of aromatic amines is 1. The number of nitrogens with zero attached hydrogens (tertiary/aromatic N) is 1. The molecular weight excluding hydrogens is 245 g/mol. The van der Waals surface area contributed by atoms with Crippen molar-refractivity contribution in [2.24, 2.45) is 0 Å². The summed E-state index contributed by atoms with van der Waals surface area (Å²) < 4.78 is 40.8. The van der Waals surface area contributed by atoms with Gasteiger partial charge in [-0.15, -0.1) is 0 Å². The molecule has 4 nitrogen and oxygen atoms in total. The zero-order valence-corrected chi connectivity index (χ0v) is 8.91. The third-order valence-corrected chi connectivity index (χ3v) is 1.89. The van der Waals surface area contributed by atoms with E-state index in [4.69, 9.17) is 0 Å². The molecule has 0 radical (unpaired) electrons. The first-order chi connectivity index (χ1) is 7.36. The van der Waals surface area contributed by atoms with Crippen molar-refractivity contribution in [3.8, 4) is 0 Å². The average molecular weight is 252 g/mol. The predicted molar refractivity (Wildman–Crippen MR) is 50.4 cm³/mol. The van der Waals surface area contributed by atoms with Gasteiger partial charge in [0.2, 0.25) is 5.82 Å². The maximum absolute atomic E-state index is 12.2. The van der Waals surface area contributed by atoms with E-state index in [1.54, 1.807) is 6.92 Å². The minimum absolute atomic E-state index is 0.106. The lowest BCUT2D eigenvalue weighted by molar-refractivity contribution is -0.145. The Labute approximate surface area is 93.5 Å². The van der Waals surface area contributed by atoms with Gasteiger partial charge >= 0.3 is 12.1 Å². The van der Waals surface area contributed by atoms with E-state index in [0.717, 1.165) is 6.20 Å². The Bertz CT molecular complexity index is 455. The van der Waals surface area contributed by atoms with Crippen LogP contribution in [0.5, 0.6) is 0 Å². The fourth-order valence-corrected chi connectivity index (χ4v) is 1.13. The molecule has 0 saturated carbocycles. The molecule has 1 N–H and O–H groups in total. The molecule has 0 spiro atoms. The zero-order chi connectivity index (χ0) is 12.3. The van der Waals surface area contributed by atoms with E-state index in [0.29, 0.717) is 0 Å². The van der Waals surface area contributed by atoms with Crippen LogP contribution in [-0.2, 0) is 10.9 Å². The van der Waals surface area contributed by atoms with Crippen molar-refractivity contribution < 1.29 is 22.7 Å². The number of aromatic nitrogens is 2. The van der Waals surface area contributed by atoms with Crippen LogP contribution in [0.25, 0.3) is 0 Å². The molecule has 0 aliphatic heterocycles. The van der Waals surface area contributed by atoms with Crippen LogP contribution in [0.1, 0.15) is 23.1 Å². The second kappa shape index (κ2) is 4.60. The number of carbonyl (C=O) groups is 1. The van der Waals surface area contributed by atoms with Gasteiger partial charge in [0.15, 0.2) is 0 Å². The molecule has 0 aromatic carbocycles. The highest BCUT2D eigenvalue weighted by molar-refractivity contribution is 7.71. The Morgan fingerprint density at radius 2 is 2.25 bits per heavy atom. The normalized spacial score (nSPS) is 11.2. The SMILES string of the molecule is CCOC(=O)c1cnc(C(F)(F)F)[nH]c1=S. The van der Waals surface area contributed by atoms with Crippen LogP contribution in [0.15, 0.2) is 6.20 Å². The second-order valence-corrected chi connectivity index (χ2v) is 3.10. The molecule has 88 valence electrons. The first-order valence-electron chi connectivity index (χ1n) is 4.20. The van der Waals surface area contributed by atoms with Crippen LogP contribution in [0.4, 0.5) is 13.2 Å². The van der Waals surface area contributed by atoms with E-state index in [1.807, 2.05) is 4.98 Å². The minimum Gasteiger partial charge on any atom is -0.462 e. The van der Waals surface area contributed by atoms with Crippen molar-refractivity contribution in [3.05, 3.63) is 22.2 Å². The number of alkyl halides is 3.